The van der Waals surface area contributed by atoms with Crippen molar-refractivity contribution in [3.05, 3.63) is 28.5 Å². The molecule has 0 bridgehead atoms. The van der Waals surface area contributed by atoms with Crippen molar-refractivity contribution in [2.45, 2.75) is 39.2 Å². The molecule has 5 heteroatoms. The second kappa shape index (κ2) is 5.83. The molecule has 0 atom stereocenters. The zero-order valence-electron chi connectivity index (χ0n) is 10.7. The Kier molecular flexibility index (Phi) is 4.69. The Morgan fingerprint density at radius 1 is 1.50 bits per heavy atom. The number of hydrogen-bond donors (Lipinski definition) is 1. The van der Waals surface area contributed by atoms with Crippen LogP contribution in [0.25, 0.3) is 0 Å². The second-order valence-corrected chi connectivity index (χ2v) is 4.56. The van der Waals surface area contributed by atoms with E-state index in [4.69, 9.17) is 11.6 Å². The van der Waals surface area contributed by atoms with Gasteiger partial charge in [-0.05, 0) is 31.9 Å². The van der Waals surface area contributed by atoms with Crippen molar-refractivity contribution in [2.75, 3.05) is 0 Å². The monoisotopic (exact) mass is 265 g/mol. The van der Waals surface area contributed by atoms with E-state index >= 15 is 0 Å². The van der Waals surface area contributed by atoms with Crippen LogP contribution in [0.4, 0.5) is 0 Å². The van der Waals surface area contributed by atoms with Crippen LogP contribution in [0.5, 0.6) is 0 Å². The fourth-order valence-electron chi connectivity index (χ4n) is 1.66. The van der Waals surface area contributed by atoms with E-state index in [0.29, 0.717) is 24.1 Å². The van der Waals surface area contributed by atoms with Crippen LogP contribution in [0, 0.1) is 18.3 Å². The summed E-state index contributed by atoms with van der Waals surface area (Å²) in [6.45, 7) is 5.51. The van der Waals surface area contributed by atoms with Crippen molar-refractivity contribution in [1.29, 1.82) is 5.26 Å². The Morgan fingerprint density at radius 3 is 2.56 bits per heavy atom. The van der Waals surface area contributed by atoms with Crippen molar-refractivity contribution in [2.24, 2.45) is 0 Å². The Hall–Kier alpha value is -1.60. The molecule has 0 spiro atoms. The molecule has 0 saturated carbocycles. The Labute approximate surface area is 112 Å². The molecule has 0 fully saturated rings. The van der Waals surface area contributed by atoms with Crippen LogP contribution in [-0.4, -0.2) is 16.4 Å². The Balaban J connectivity index is 2.98. The average molecular weight is 266 g/mol. The van der Waals surface area contributed by atoms with E-state index in [9.17, 15) is 10.1 Å². The number of nitrogens with zero attached hydrogens (tertiary/aromatic N) is 2. The van der Waals surface area contributed by atoms with Gasteiger partial charge >= 0.3 is 0 Å². The lowest BCUT2D eigenvalue weighted by Gasteiger charge is -2.24. The lowest BCUT2D eigenvalue weighted by atomic mass is 9.94. The zero-order valence-corrected chi connectivity index (χ0v) is 11.5. The molecule has 0 saturated heterocycles. The van der Waals surface area contributed by atoms with Gasteiger partial charge in [-0.2, -0.15) is 5.26 Å². The average Bonchev–Trinajstić information content (AvgIpc) is 2.35. The number of aryl methyl sites for hydroxylation is 1. The molecule has 1 N–H and O–H groups in total. The van der Waals surface area contributed by atoms with E-state index in [-0.39, 0.29) is 11.1 Å². The molecule has 1 rings (SSSR count). The summed E-state index contributed by atoms with van der Waals surface area (Å²) in [5, 5.41) is 12.2. The normalized spacial score (nSPS) is 10.8. The summed E-state index contributed by atoms with van der Waals surface area (Å²) < 4.78 is 0. The molecule has 0 aliphatic carbocycles. The van der Waals surface area contributed by atoms with Crippen LogP contribution in [0.15, 0.2) is 12.1 Å². The molecule has 0 aliphatic heterocycles. The molecule has 1 aromatic rings. The standard InChI is InChI=1S/C13H16ClN3O/c1-4-13(5-2,8-15)17-12(18)10-6-9(3)16-11(14)7-10/h6-7H,4-5H2,1-3H3,(H,17,18). The number of nitrogens with one attached hydrogen (secondary N) is 1. The number of amides is 1. The SMILES string of the molecule is CCC(C#N)(CC)NC(=O)c1cc(C)nc(Cl)c1. The maximum absolute atomic E-state index is 12.1. The number of halogens is 1. The van der Waals surface area contributed by atoms with Gasteiger partial charge in [0.2, 0.25) is 0 Å². The largest absolute Gasteiger partial charge is 0.334 e. The maximum atomic E-state index is 12.1. The molecule has 1 heterocycles. The number of rotatable bonds is 4. The summed E-state index contributed by atoms with van der Waals surface area (Å²) in [6.07, 6.45) is 1.12. The van der Waals surface area contributed by atoms with Gasteiger partial charge < -0.3 is 5.32 Å². The van der Waals surface area contributed by atoms with Crippen LogP contribution >= 0.6 is 11.6 Å². The number of nitriles is 1. The van der Waals surface area contributed by atoms with Gasteiger partial charge in [-0.3, -0.25) is 4.79 Å². The zero-order chi connectivity index (χ0) is 13.8. The Morgan fingerprint density at radius 2 is 2.11 bits per heavy atom. The third kappa shape index (κ3) is 3.21. The first kappa shape index (κ1) is 14.5. The van der Waals surface area contributed by atoms with Gasteiger partial charge in [0.15, 0.2) is 0 Å². The van der Waals surface area contributed by atoms with Crippen LogP contribution < -0.4 is 5.32 Å². The molecule has 0 aliphatic rings. The molecule has 0 aromatic carbocycles. The smallest absolute Gasteiger partial charge is 0.252 e. The van der Waals surface area contributed by atoms with E-state index < -0.39 is 5.54 Å². The third-order valence-electron chi connectivity index (χ3n) is 2.96. The molecular formula is C13H16ClN3O. The lowest BCUT2D eigenvalue weighted by molar-refractivity contribution is 0.0915. The molecule has 1 aromatic heterocycles. The summed E-state index contributed by atoms with van der Waals surface area (Å²) in [4.78, 5) is 16.1. The van der Waals surface area contributed by atoms with Gasteiger partial charge in [0.1, 0.15) is 10.7 Å². The summed E-state index contributed by atoms with van der Waals surface area (Å²) in [5.41, 5.74) is 0.276. The fourth-order valence-corrected chi connectivity index (χ4v) is 1.91. The predicted molar refractivity (Wildman–Crippen MR) is 70.4 cm³/mol. The van der Waals surface area contributed by atoms with Crippen molar-refractivity contribution in [3.63, 3.8) is 0 Å². The molecule has 18 heavy (non-hydrogen) atoms. The Bertz CT molecular complexity index is 469. The van der Waals surface area contributed by atoms with Crippen molar-refractivity contribution in [3.8, 4) is 6.07 Å². The van der Waals surface area contributed by atoms with E-state index in [0.717, 1.165) is 0 Å². The highest BCUT2D eigenvalue weighted by Crippen LogP contribution is 2.16. The molecular weight excluding hydrogens is 250 g/mol. The summed E-state index contributed by atoms with van der Waals surface area (Å²) >= 11 is 5.81. The minimum atomic E-state index is -0.819. The minimum absolute atomic E-state index is 0.274. The second-order valence-electron chi connectivity index (χ2n) is 4.18. The number of aromatic nitrogens is 1. The van der Waals surface area contributed by atoms with Crippen LogP contribution in [-0.2, 0) is 0 Å². The highest BCUT2D eigenvalue weighted by molar-refractivity contribution is 6.29. The van der Waals surface area contributed by atoms with Crippen LogP contribution in [0.2, 0.25) is 5.15 Å². The molecule has 1 amide bonds. The van der Waals surface area contributed by atoms with Crippen molar-refractivity contribution < 1.29 is 4.79 Å². The summed E-state index contributed by atoms with van der Waals surface area (Å²) in [7, 11) is 0. The fraction of sp³-hybridized carbons (Fsp3) is 0.462. The lowest BCUT2D eigenvalue weighted by Crippen LogP contribution is -2.46. The molecule has 0 unspecified atom stereocenters. The van der Waals surface area contributed by atoms with Gasteiger partial charge in [-0.15, -0.1) is 0 Å². The molecule has 0 radical (unpaired) electrons. The quantitative estimate of drug-likeness (QED) is 0.852. The third-order valence-corrected chi connectivity index (χ3v) is 3.15. The number of carbonyl (C=O) groups is 1. The van der Waals surface area contributed by atoms with Gasteiger partial charge in [0, 0.05) is 11.3 Å². The van der Waals surface area contributed by atoms with E-state index in [2.05, 4.69) is 16.4 Å². The predicted octanol–water partition coefficient (Wildman–Crippen LogP) is 2.86. The number of pyridine rings is 1. The molecule has 4 nitrogen and oxygen atoms in total. The van der Waals surface area contributed by atoms with Gasteiger partial charge in [0.25, 0.3) is 5.91 Å². The first-order chi connectivity index (χ1) is 8.46. The minimum Gasteiger partial charge on any atom is -0.334 e. The van der Waals surface area contributed by atoms with Crippen LogP contribution in [0.1, 0.15) is 42.7 Å². The van der Waals surface area contributed by atoms with E-state index in [1.807, 2.05) is 13.8 Å². The van der Waals surface area contributed by atoms with Gasteiger partial charge in [0.05, 0.1) is 6.07 Å². The maximum Gasteiger partial charge on any atom is 0.252 e. The summed E-state index contributed by atoms with van der Waals surface area (Å²) in [6, 6.07) is 5.31. The highest BCUT2D eigenvalue weighted by atomic mass is 35.5. The first-order valence-electron chi connectivity index (χ1n) is 5.84. The molecule has 96 valence electrons. The number of hydrogen-bond acceptors (Lipinski definition) is 3. The van der Waals surface area contributed by atoms with Crippen LogP contribution in [0.3, 0.4) is 0 Å². The summed E-state index contributed by atoms with van der Waals surface area (Å²) in [5.74, 6) is -0.298. The van der Waals surface area contributed by atoms with Crippen molar-refractivity contribution in [1.82, 2.24) is 10.3 Å². The van der Waals surface area contributed by atoms with Gasteiger partial charge in [-0.25, -0.2) is 4.98 Å². The first-order valence-corrected chi connectivity index (χ1v) is 6.22. The van der Waals surface area contributed by atoms with E-state index in [1.54, 1.807) is 13.0 Å². The van der Waals surface area contributed by atoms with Gasteiger partial charge in [-0.1, -0.05) is 25.4 Å². The highest BCUT2D eigenvalue weighted by Gasteiger charge is 2.28. The van der Waals surface area contributed by atoms with Crippen molar-refractivity contribution >= 4 is 17.5 Å². The number of carbonyl (C=O) groups excluding carboxylic acids is 1. The topological polar surface area (TPSA) is 65.8 Å². The van der Waals surface area contributed by atoms with E-state index in [1.165, 1.54) is 6.07 Å².